The summed E-state index contributed by atoms with van der Waals surface area (Å²) in [6.45, 7) is 2.71. The lowest BCUT2D eigenvalue weighted by molar-refractivity contribution is 0.0727. The lowest BCUT2D eigenvalue weighted by atomic mass is 10.2. The number of halogens is 1. The van der Waals surface area contributed by atoms with Crippen LogP contribution < -0.4 is 5.32 Å². The van der Waals surface area contributed by atoms with Crippen molar-refractivity contribution < 1.29 is 9.84 Å². The van der Waals surface area contributed by atoms with Gasteiger partial charge >= 0.3 is 0 Å². The van der Waals surface area contributed by atoms with Crippen LogP contribution in [0.5, 0.6) is 0 Å². The number of anilines is 1. The minimum Gasteiger partial charge on any atom is -0.389 e. The molecule has 0 amide bonds. The molecule has 4 heteroatoms. The van der Waals surface area contributed by atoms with Crippen molar-refractivity contribution in [2.45, 2.75) is 13.0 Å². The summed E-state index contributed by atoms with van der Waals surface area (Å²) in [6, 6.07) is 5.69. The molecule has 0 aliphatic heterocycles. The highest BCUT2D eigenvalue weighted by molar-refractivity contribution is 6.33. The van der Waals surface area contributed by atoms with Gasteiger partial charge in [0, 0.05) is 13.7 Å². The summed E-state index contributed by atoms with van der Waals surface area (Å²) in [6.07, 6.45) is -0.523. The Morgan fingerprint density at radius 1 is 1.53 bits per heavy atom. The molecule has 0 aliphatic rings. The second kappa shape index (κ2) is 5.95. The lowest BCUT2D eigenvalue weighted by Crippen LogP contribution is -2.24. The summed E-state index contributed by atoms with van der Waals surface area (Å²) in [5, 5.41) is 13.2. The number of benzene rings is 1. The average Bonchev–Trinajstić information content (AvgIpc) is 2.17. The van der Waals surface area contributed by atoms with E-state index in [1.165, 1.54) is 0 Å². The Labute approximate surface area is 95.0 Å². The average molecular weight is 230 g/mol. The Morgan fingerprint density at radius 2 is 2.27 bits per heavy atom. The summed E-state index contributed by atoms with van der Waals surface area (Å²) < 4.78 is 4.83. The predicted molar refractivity (Wildman–Crippen MR) is 62.6 cm³/mol. The van der Waals surface area contributed by atoms with Gasteiger partial charge < -0.3 is 15.2 Å². The molecule has 1 unspecified atom stereocenters. The Morgan fingerprint density at radius 3 is 2.87 bits per heavy atom. The van der Waals surface area contributed by atoms with E-state index in [1.807, 2.05) is 25.1 Å². The molecule has 0 fully saturated rings. The van der Waals surface area contributed by atoms with Gasteiger partial charge in [-0.1, -0.05) is 23.7 Å². The van der Waals surface area contributed by atoms with Gasteiger partial charge in [-0.05, 0) is 18.6 Å². The van der Waals surface area contributed by atoms with Crippen LogP contribution in [0.2, 0.25) is 5.02 Å². The molecule has 0 radical (unpaired) electrons. The maximum Gasteiger partial charge on any atom is 0.0945 e. The van der Waals surface area contributed by atoms with E-state index in [-0.39, 0.29) is 0 Å². The molecule has 0 heterocycles. The quantitative estimate of drug-likeness (QED) is 0.812. The largest absolute Gasteiger partial charge is 0.389 e. The fourth-order valence-corrected chi connectivity index (χ4v) is 1.62. The van der Waals surface area contributed by atoms with Crippen LogP contribution in [0.3, 0.4) is 0 Å². The zero-order chi connectivity index (χ0) is 11.3. The molecule has 1 aromatic rings. The number of rotatable bonds is 5. The molecular weight excluding hydrogens is 214 g/mol. The number of para-hydroxylation sites is 1. The topological polar surface area (TPSA) is 41.5 Å². The van der Waals surface area contributed by atoms with Crippen LogP contribution in [0.15, 0.2) is 18.2 Å². The molecule has 0 spiro atoms. The van der Waals surface area contributed by atoms with Crippen LogP contribution in [-0.4, -0.2) is 31.5 Å². The number of aliphatic hydroxyl groups excluding tert-OH is 1. The van der Waals surface area contributed by atoms with Crippen molar-refractivity contribution in [2.24, 2.45) is 0 Å². The van der Waals surface area contributed by atoms with Gasteiger partial charge in [0.25, 0.3) is 0 Å². The first-order chi connectivity index (χ1) is 7.15. The van der Waals surface area contributed by atoms with Crippen LogP contribution in [0.25, 0.3) is 0 Å². The highest BCUT2D eigenvalue weighted by Crippen LogP contribution is 2.24. The van der Waals surface area contributed by atoms with E-state index in [2.05, 4.69) is 5.32 Å². The minimum absolute atomic E-state index is 0.316. The van der Waals surface area contributed by atoms with E-state index in [9.17, 15) is 5.11 Å². The van der Waals surface area contributed by atoms with Gasteiger partial charge in [0.1, 0.15) is 0 Å². The number of hydrogen-bond donors (Lipinski definition) is 2. The van der Waals surface area contributed by atoms with Crippen molar-refractivity contribution in [3.05, 3.63) is 28.8 Å². The minimum atomic E-state index is -0.523. The number of hydrogen-bond acceptors (Lipinski definition) is 3. The second-order valence-corrected chi connectivity index (χ2v) is 3.83. The van der Waals surface area contributed by atoms with Gasteiger partial charge in [-0.15, -0.1) is 0 Å². The number of aryl methyl sites for hydroxylation is 1. The molecule has 0 aromatic heterocycles. The lowest BCUT2D eigenvalue weighted by Gasteiger charge is -2.14. The van der Waals surface area contributed by atoms with E-state index < -0.39 is 6.10 Å². The van der Waals surface area contributed by atoms with Crippen LogP contribution in [0.1, 0.15) is 5.56 Å². The number of aliphatic hydroxyl groups is 1. The monoisotopic (exact) mass is 229 g/mol. The highest BCUT2D eigenvalue weighted by atomic mass is 35.5. The second-order valence-electron chi connectivity index (χ2n) is 3.42. The third kappa shape index (κ3) is 3.70. The van der Waals surface area contributed by atoms with E-state index in [0.717, 1.165) is 11.3 Å². The van der Waals surface area contributed by atoms with Crippen molar-refractivity contribution in [1.29, 1.82) is 0 Å². The predicted octanol–water partition coefficient (Wildman–Crippen LogP) is 2.07. The van der Waals surface area contributed by atoms with Crippen LogP contribution in [-0.2, 0) is 4.74 Å². The Bertz CT molecular complexity index is 297. The maximum atomic E-state index is 9.46. The molecule has 84 valence electrons. The van der Waals surface area contributed by atoms with E-state index in [1.54, 1.807) is 7.11 Å². The van der Waals surface area contributed by atoms with E-state index in [0.29, 0.717) is 18.2 Å². The SMILES string of the molecule is COCC(O)CNc1c(C)cccc1Cl. The van der Waals surface area contributed by atoms with Gasteiger partial charge in [0.05, 0.1) is 23.4 Å². The standard InChI is InChI=1S/C11H16ClNO2/c1-8-4-3-5-10(12)11(8)13-6-9(14)7-15-2/h3-5,9,13-14H,6-7H2,1-2H3. The number of methoxy groups -OCH3 is 1. The smallest absolute Gasteiger partial charge is 0.0945 e. The van der Waals surface area contributed by atoms with Crippen LogP contribution in [0, 0.1) is 6.92 Å². The summed E-state index contributed by atoms with van der Waals surface area (Å²) >= 11 is 6.01. The molecule has 0 saturated carbocycles. The van der Waals surface area contributed by atoms with Crippen molar-refractivity contribution >= 4 is 17.3 Å². The first-order valence-corrected chi connectivity index (χ1v) is 5.19. The molecule has 1 rings (SSSR count). The zero-order valence-electron chi connectivity index (χ0n) is 8.96. The van der Waals surface area contributed by atoms with Crippen molar-refractivity contribution in [3.63, 3.8) is 0 Å². The van der Waals surface area contributed by atoms with Crippen molar-refractivity contribution in [2.75, 3.05) is 25.6 Å². The first-order valence-electron chi connectivity index (χ1n) is 4.81. The van der Waals surface area contributed by atoms with Gasteiger partial charge in [-0.3, -0.25) is 0 Å². The summed E-state index contributed by atoms with van der Waals surface area (Å²) in [5.41, 5.74) is 1.93. The molecule has 0 bridgehead atoms. The van der Waals surface area contributed by atoms with Crippen LogP contribution in [0.4, 0.5) is 5.69 Å². The zero-order valence-corrected chi connectivity index (χ0v) is 9.71. The molecule has 0 saturated heterocycles. The summed E-state index contributed by atoms with van der Waals surface area (Å²) in [7, 11) is 1.56. The summed E-state index contributed by atoms with van der Waals surface area (Å²) in [5.74, 6) is 0. The molecule has 3 nitrogen and oxygen atoms in total. The summed E-state index contributed by atoms with van der Waals surface area (Å²) in [4.78, 5) is 0. The van der Waals surface area contributed by atoms with Crippen molar-refractivity contribution in [3.8, 4) is 0 Å². The fraction of sp³-hybridized carbons (Fsp3) is 0.455. The van der Waals surface area contributed by atoms with E-state index in [4.69, 9.17) is 16.3 Å². The van der Waals surface area contributed by atoms with Gasteiger partial charge in [0.2, 0.25) is 0 Å². The van der Waals surface area contributed by atoms with E-state index >= 15 is 0 Å². The fourth-order valence-electron chi connectivity index (χ4n) is 1.33. The molecular formula is C11H16ClNO2. The highest BCUT2D eigenvalue weighted by Gasteiger charge is 2.06. The van der Waals surface area contributed by atoms with Gasteiger partial charge in [-0.25, -0.2) is 0 Å². The Hall–Kier alpha value is -0.770. The third-order valence-electron chi connectivity index (χ3n) is 2.10. The maximum absolute atomic E-state index is 9.46. The van der Waals surface area contributed by atoms with Crippen LogP contribution >= 0.6 is 11.6 Å². The van der Waals surface area contributed by atoms with Crippen molar-refractivity contribution in [1.82, 2.24) is 0 Å². The van der Waals surface area contributed by atoms with Gasteiger partial charge in [-0.2, -0.15) is 0 Å². The molecule has 1 aromatic carbocycles. The number of nitrogens with one attached hydrogen (secondary N) is 1. The number of ether oxygens (including phenoxy) is 1. The first kappa shape index (κ1) is 12.3. The Kier molecular flexibility index (Phi) is 4.88. The molecule has 15 heavy (non-hydrogen) atoms. The third-order valence-corrected chi connectivity index (χ3v) is 2.41. The normalized spacial score (nSPS) is 12.5. The molecule has 2 N–H and O–H groups in total. The molecule has 1 atom stereocenters. The van der Waals surface area contributed by atoms with Gasteiger partial charge in [0.15, 0.2) is 0 Å². The molecule has 0 aliphatic carbocycles. The Balaban J connectivity index is 2.57.